The van der Waals surface area contributed by atoms with Crippen molar-refractivity contribution < 1.29 is 19.1 Å². The van der Waals surface area contributed by atoms with Gasteiger partial charge in [-0.1, -0.05) is 0 Å². The summed E-state index contributed by atoms with van der Waals surface area (Å²) in [6, 6.07) is 0. The van der Waals surface area contributed by atoms with E-state index in [1.54, 1.807) is 7.05 Å². The van der Waals surface area contributed by atoms with Crippen LogP contribution in [-0.2, 0) is 9.59 Å². The first-order valence-corrected chi connectivity index (χ1v) is 5.61. The molecule has 0 saturated heterocycles. The number of carbonyl (C=O) groups excluding carboxylic acids is 1. The van der Waals surface area contributed by atoms with E-state index in [-0.39, 0.29) is 31.2 Å². The topological polar surface area (TPSA) is 57.6 Å². The Bertz CT molecular complexity index is 270. The van der Waals surface area contributed by atoms with Crippen LogP contribution < -0.4 is 0 Å². The van der Waals surface area contributed by atoms with Gasteiger partial charge in [-0.2, -0.15) is 0 Å². The van der Waals surface area contributed by atoms with E-state index in [9.17, 15) is 14.0 Å². The number of alkyl halides is 1. The Hall–Kier alpha value is -1.13. The SMILES string of the molecule is CN(CCC(=O)O)C(=O)C1CCCC(F)C1. The standard InChI is InChI=1S/C11H18FNO3/c1-13(6-5-10(14)15)11(16)8-3-2-4-9(12)7-8/h8-9H,2-7H2,1H3,(H,14,15). The number of rotatable bonds is 4. The van der Waals surface area contributed by atoms with Crippen molar-refractivity contribution in [3.63, 3.8) is 0 Å². The normalized spacial score (nSPS) is 25.1. The van der Waals surface area contributed by atoms with Crippen molar-refractivity contribution in [2.45, 2.75) is 38.3 Å². The molecule has 1 N–H and O–H groups in total. The van der Waals surface area contributed by atoms with Crippen LogP contribution in [0.4, 0.5) is 4.39 Å². The van der Waals surface area contributed by atoms with E-state index in [2.05, 4.69) is 0 Å². The van der Waals surface area contributed by atoms with Gasteiger partial charge < -0.3 is 10.0 Å². The number of amides is 1. The molecule has 16 heavy (non-hydrogen) atoms. The van der Waals surface area contributed by atoms with Crippen LogP contribution >= 0.6 is 0 Å². The predicted octanol–water partition coefficient (Wildman–Crippen LogP) is 1.45. The van der Waals surface area contributed by atoms with Crippen LogP contribution in [0, 0.1) is 5.92 Å². The molecule has 0 radical (unpaired) electrons. The van der Waals surface area contributed by atoms with Crippen molar-refractivity contribution in [2.24, 2.45) is 5.92 Å². The highest BCUT2D eigenvalue weighted by atomic mass is 19.1. The summed E-state index contributed by atoms with van der Waals surface area (Å²) in [5.41, 5.74) is 0. The largest absolute Gasteiger partial charge is 0.481 e. The van der Waals surface area contributed by atoms with E-state index in [0.717, 1.165) is 12.8 Å². The lowest BCUT2D eigenvalue weighted by molar-refractivity contribution is -0.139. The number of carboxylic acid groups (broad SMARTS) is 1. The summed E-state index contributed by atoms with van der Waals surface area (Å²) >= 11 is 0. The zero-order valence-electron chi connectivity index (χ0n) is 9.49. The van der Waals surface area contributed by atoms with Crippen molar-refractivity contribution in [3.05, 3.63) is 0 Å². The molecule has 1 saturated carbocycles. The van der Waals surface area contributed by atoms with Gasteiger partial charge in [-0.05, 0) is 25.7 Å². The van der Waals surface area contributed by atoms with Crippen LogP contribution in [0.3, 0.4) is 0 Å². The zero-order chi connectivity index (χ0) is 12.1. The van der Waals surface area contributed by atoms with Gasteiger partial charge in [0.1, 0.15) is 6.17 Å². The molecule has 0 spiro atoms. The van der Waals surface area contributed by atoms with Gasteiger partial charge in [0, 0.05) is 19.5 Å². The first kappa shape index (κ1) is 12.9. The molecule has 5 heteroatoms. The molecule has 0 aliphatic heterocycles. The van der Waals surface area contributed by atoms with Gasteiger partial charge in [0.05, 0.1) is 6.42 Å². The van der Waals surface area contributed by atoms with Gasteiger partial charge in [-0.15, -0.1) is 0 Å². The maximum Gasteiger partial charge on any atom is 0.305 e. The Morgan fingerprint density at radius 1 is 1.44 bits per heavy atom. The van der Waals surface area contributed by atoms with Crippen molar-refractivity contribution >= 4 is 11.9 Å². The summed E-state index contributed by atoms with van der Waals surface area (Å²) in [5, 5.41) is 8.50. The number of nitrogens with zero attached hydrogens (tertiary/aromatic N) is 1. The lowest BCUT2D eigenvalue weighted by Gasteiger charge is -2.27. The van der Waals surface area contributed by atoms with Crippen LogP contribution in [0.1, 0.15) is 32.1 Å². The molecule has 1 aliphatic rings. The third kappa shape index (κ3) is 3.79. The number of hydrogen-bond acceptors (Lipinski definition) is 2. The number of hydrogen-bond donors (Lipinski definition) is 1. The predicted molar refractivity (Wildman–Crippen MR) is 56.7 cm³/mol. The third-order valence-electron chi connectivity index (χ3n) is 3.00. The average molecular weight is 231 g/mol. The van der Waals surface area contributed by atoms with Gasteiger partial charge in [0.15, 0.2) is 0 Å². The molecule has 0 aromatic heterocycles. The Kier molecular flexibility index (Phi) is 4.71. The molecule has 0 bridgehead atoms. The molecular formula is C11H18FNO3. The first-order chi connectivity index (χ1) is 7.50. The smallest absolute Gasteiger partial charge is 0.305 e. The van der Waals surface area contributed by atoms with Gasteiger partial charge in [0.2, 0.25) is 5.91 Å². The van der Waals surface area contributed by atoms with Crippen LogP contribution in [0.25, 0.3) is 0 Å². The summed E-state index contributed by atoms with van der Waals surface area (Å²) in [5.74, 6) is -1.31. The molecule has 0 heterocycles. The van der Waals surface area contributed by atoms with Crippen molar-refractivity contribution in [2.75, 3.05) is 13.6 Å². The minimum Gasteiger partial charge on any atom is -0.481 e. The number of carbonyl (C=O) groups is 2. The zero-order valence-corrected chi connectivity index (χ0v) is 9.49. The van der Waals surface area contributed by atoms with E-state index >= 15 is 0 Å². The van der Waals surface area contributed by atoms with E-state index in [1.807, 2.05) is 0 Å². The van der Waals surface area contributed by atoms with Crippen LogP contribution in [0.2, 0.25) is 0 Å². The molecule has 0 aromatic rings. The van der Waals surface area contributed by atoms with Crippen LogP contribution in [0.5, 0.6) is 0 Å². The second kappa shape index (κ2) is 5.82. The van der Waals surface area contributed by atoms with Crippen LogP contribution in [-0.4, -0.2) is 41.6 Å². The van der Waals surface area contributed by atoms with Crippen LogP contribution in [0.15, 0.2) is 0 Å². The number of aliphatic carboxylic acids is 1. The Morgan fingerprint density at radius 3 is 2.69 bits per heavy atom. The van der Waals surface area contributed by atoms with Gasteiger partial charge in [-0.3, -0.25) is 9.59 Å². The first-order valence-electron chi connectivity index (χ1n) is 5.61. The fourth-order valence-electron chi connectivity index (χ4n) is 2.04. The number of carboxylic acids is 1. The second-order valence-electron chi connectivity index (χ2n) is 4.36. The molecule has 2 unspecified atom stereocenters. The lowest BCUT2D eigenvalue weighted by atomic mass is 9.87. The van der Waals surface area contributed by atoms with E-state index in [4.69, 9.17) is 5.11 Å². The third-order valence-corrected chi connectivity index (χ3v) is 3.00. The Morgan fingerprint density at radius 2 is 2.12 bits per heavy atom. The maximum absolute atomic E-state index is 13.1. The summed E-state index contributed by atoms with van der Waals surface area (Å²) in [4.78, 5) is 23.6. The molecule has 0 aromatic carbocycles. The molecular weight excluding hydrogens is 213 g/mol. The number of halogens is 1. The fraction of sp³-hybridized carbons (Fsp3) is 0.818. The summed E-state index contributed by atoms with van der Waals surface area (Å²) in [6.07, 6.45) is 1.35. The molecule has 1 fully saturated rings. The second-order valence-corrected chi connectivity index (χ2v) is 4.36. The van der Waals surface area contributed by atoms with Gasteiger partial charge >= 0.3 is 5.97 Å². The molecule has 1 amide bonds. The lowest BCUT2D eigenvalue weighted by Crippen LogP contribution is -2.37. The minimum absolute atomic E-state index is 0.0615. The van der Waals surface area contributed by atoms with Gasteiger partial charge in [-0.25, -0.2) is 4.39 Å². The van der Waals surface area contributed by atoms with Crippen molar-refractivity contribution in [1.82, 2.24) is 4.90 Å². The van der Waals surface area contributed by atoms with Crippen molar-refractivity contribution in [3.8, 4) is 0 Å². The fourth-order valence-corrected chi connectivity index (χ4v) is 2.04. The Balaban J connectivity index is 2.40. The average Bonchev–Trinajstić information content (AvgIpc) is 2.24. The Labute approximate surface area is 94.4 Å². The highest BCUT2D eigenvalue weighted by molar-refractivity contribution is 5.79. The monoisotopic (exact) mass is 231 g/mol. The molecule has 1 aliphatic carbocycles. The highest BCUT2D eigenvalue weighted by Crippen LogP contribution is 2.27. The summed E-state index contributed by atoms with van der Waals surface area (Å²) < 4.78 is 13.1. The summed E-state index contributed by atoms with van der Waals surface area (Å²) in [7, 11) is 1.58. The maximum atomic E-state index is 13.1. The van der Waals surface area contributed by atoms with E-state index in [0.29, 0.717) is 6.42 Å². The van der Waals surface area contributed by atoms with Crippen molar-refractivity contribution in [1.29, 1.82) is 0 Å². The van der Waals surface area contributed by atoms with E-state index in [1.165, 1.54) is 4.90 Å². The molecule has 4 nitrogen and oxygen atoms in total. The van der Waals surface area contributed by atoms with E-state index < -0.39 is 12.1 Å². The summed E-state index contributed by atoms with van der Waals surface area (Å²) in [6.45, 7) is 0.196. The highest BCUT2D eigenvalue weighted by Gasteiger charge is 2.28. The molecule has 92 valence electrons. The quantitative estimate of drug-likeness (QED) is 0.796. The molecule has 1 rings (SSSR count). The van der Waals surface area contributed by atoms with Gasteiger partial charge in [0.25, 0.3) is 0 Å². The minimum atomic E-state index is -0.924. The molecule has 2 atom stereocenters.